The van der Waals surface area contributed by atoms with Crippen molar-refractivity contribution in [2.75, 3.05) is 31.6 Å². The summed E-state index contributed by atoms with van der Waals surface area (Å²) in [4.78, 5) is 14.5. The van der Waals surface area contributed by atoms with Crippen molar-refractivity contribution in [2.45, 2.75) is 26.8 Å². The number of para-hydroxylation sites is 1. The molecule has 0 spiro atoms. The normalized spacial score (nSPS) is 18.1. The molecule has 0 aliphatic carbocycles. The van der Waals surface area contributed by atoms with Crippen LogP contribution >= 0.6 is 0 Å². The average molecular weight is 262 g/mol. The zero-order valence-electron chi connectivity index (χ0n) is 11.9. The van der Waals surface area contributed by atoms with E-state index in [2.05, 4.69) is 10.2 Å². The summed E-state index contributed by atoms with van der Waals surface area (Å²) < 4.78 is 5.31. The molecule has 4 heteroatoms. The van der Waals surface area contributed by atoms with Gasteiger partial charge in [0, 0.05) is 18.8 Å². The Hall–Kier alpha value is -1.39. The van der Waals surface area contributed by atoms with Crippen LogP contribution in [0.2, 0.25) is 0 Å². The minimum absolute atomic E-state index is 0.0549. The van der Waals surface area contributed by atoms with E-state index < -0.39 is 0 Å². The second kappa shape index (κ2) is 6.17. The first kappa shape index (κ1) is 14.0. The van der Waals surface area contributed by atoms with Gasteiger partial charge in [-0.15, -0.1) is 0 Å². The van der Waals surface area contributed by atoms with Gasteiger partial charge in [0.05, 0.1) is 19.3 Å². The number of hydrogen-bond donors (Lipinski definition) is 1. The fourth-order valence-corrected chi connectivity index (χ4v) is 2.37. The Balaban J connectivity index is 2.04. The third-order valence-electron chi connectivity index (χ3n) is 3.70. The maximum absolute atomic E-state index is 12.3. The maximum atomic E-state index is 12.3. The van der Waals surface area contributed by atoms with Gasteiger partial charge in [0.25, 0.3) is 0 Å². The molecule has 1 fully saturated rings. The third kappa shape index (κ3) is 3.33. The van der Waals surface area contributed by atoms with Crippen LogP contribution in [0.15, 0.2) is 18.2 Å². The van der Waals surface area contributed by atoms with E-state index in [9.17, 15) is 4.79 Å². The van der Waals surface area contributed by atoms with Gasteiger partial charge in [0.15, 0.2) is 0 Å². The molecule has 1 aromatic rings. The second-order valence-corrected chi connectivity index (χ2v) is 5.08. The fourth-order valence-electron chi connectivity index (χ4n) is 2.37. The predicted molar refractivity (Wildman–Crippen MR) is 76.4 cm³/mol. The number of carbonyl (C=O) groups is 1. The average Bonchev–Trinajstić information content (AvgIpc) is 2.43. The number of nitrogens with zero attached hydrogens (tertiary/aromatic N) is 1. The molecule has 1 saturated heterocycles. The Kier molecular flexibility index (Phi) is 4.56. The molecule has 2 rings (SSSR count). The summed E-state index contributed by atoms with van der Waals surface area (Å²) in [5, 5.41) is 3.05. The van der Waals surface area contributed by atoms with Gasteiger partial charge in [-0.25, -0.2) is 0 Å². The van der Waals surface area contributed by atoms with Crippen LogP contribution in [0, 0.1) is 13.8 Å². The van der Waals surface area contributed by atoms with Crippen molar-refractivity contribution >= 4 is 11.6 Å². The van der Waals surface area contributed by atoms with Crippen molar-refractivity contribution in [3.63, 3.8) is 0 Å². The molecule has 0 aromatic heterocycles. The molecule has 1 atom stereocenters. The molecular weight excluding hydrogens is 240 g/mol. The minimum Gasteiger partial charge on any atom is -0.379 e. The van der Waals surface area contributed by atoms with Crippen LogP contribution in [0.1, 0.15) is 18.1 Å². The number of aryl methyl sites for hydroxylation is 2. The highest BCUT2D eigenvalue weighted by molar-refractivity contribution is 5.95. The molecule has 4 nitrogen and oxygen atoms in total. The summed E-state index contributed by atoms with van der Waals surface area (Å²) in [7, 11) is 0. The number of amides is 1. The summed E-state index contributed by atoms with van der Waals surface area (Å²) in [6.45, 7) is 9.04. The van der Waals surface area contributed by atoms with Crippen molar-refractivity contribution in [1.29, 1.82) is 0 Å². The molecule has 1 aliphatic rings. The summed E-state index contributed by atoms with van der Waals surface area (Å²) in [6.07, 6.45) is 0. The topological polar surface area (TPSA) is 41.6 Å². The number of nitrogens with one attached hydrogen (secondary N) is 1. The molecule has 19 heavy (non-hydrogen) atoms. The molecular formula is C15H22N2O2. The van der Waals surface area contributed by atoms with Crippen LogP contribution in [0.3, 0.4) is 0 Å². The highest BCUT2D eigenvalue weighted by Gasteiger charge is 2.23. The Bertz CT molecular complexity index is 433. The number of anilines is 1. The van der Waals surface area contributed by atoms with Crippen LogP contribution in [-0.4, -0.2) is 43.2 Å². The number of hydrogen-bond acceptors (Lipinski definition) is 3. The molecule has 104 valence electrons. The minimum atomic E-state index is -0.122. The Morgan fingerprint density at radius 1 is 1.26 bits per heavy atom. The molecule has 0 saturated carbocycles. The molecule has 1 aliphatic heterocycles. The lowest BCUT2D eigenvalue weighted by Gasteiger charge is -2.31. The summed E-state index contributed by atoms with van der Waals surface area (Å²) in [6, 6.07) is 5.92. The lowest BCUT2D eigenvalue weighted by molar-refractivity contribution is -0.122. The van der Waals surface area contributed by atoms with Crippen LogP contribution in [0.4, 0.5) is 5.69 Å². The van der Waals surface area contributed by atoms with Crippen LogP contribution in [0.25, 0.3) is 0 Å². The number of carbonyl (C=O) groups excluding carboxylic acids is 1. The largest absolute Gasteiger partial charge is 0.379 e. The van der Waals surface area contributed by atoms with Gasteiger partial charge in [-0.2, -0.15) is 0 Å². The van der Waals surface area contributed by atoms with E-state index in [1.165, 1.54) is 0 Å². The quantitative estimate of drug-likeness (QED) is 0.905. The monoisotopic (exact) mass is 262 g/mol. The molecule has 0 unspecified atom stereocenters. The molecule has 1 aromatic carbocycles. The number of ether oxygens (including phenoxy) is 1. The van der Waals surface area contributed by atoms with E-state index in [-0.39, 0.29) is 11.9 Å². The standard InChI is InChI=1S/C15H22N2O2/c1-11-5-4-6-12(2)14(11)16-15(18)13(3)17-7-9-19-10-8-17/h4-6,13H,7-10H2,1-3H3,(H,16,18)/t13-/m0/s1. The zero-order valence-corrected chi connectivity index (χ0v) is 11.9. The van der Waals surface area contributed by atoms with Crippen molar-refractivity contribution < 1.29 is 9.53 Å². The first-order valence-electron chi connectivity index (χ1n) is 6.78. The lowest BCUT2D eigenvalue weighted by atomic mass is 10.1. The summed E-state index contributed by atoms with van der Waals surface area (Å²) >= 11 is 0. The van der Waals surface area contributed by atoms with E-state index >= 15 is 0 Å². The second-order valence-electron chi connectivity index (χ2n) is 5.08. The van der Waals surface area contributed by atoms with Crippen molar-refractivity contribution in [2.24, 2.45) is 0 Å². The smallest absolute Gasteiger partial charge is 0.241 e. The van der Waals surface area contributed by atoms with Gasteiger partial charge < -0.3 is 10.1 Å². The highest BCUT2D eigenvalue weighted by Crippen LogP contribution is 2.20. The molecule has 0 bridgehead atoms. The predicted octanol–water partition coefficient (Wildman–Crippen LogP) is 1.96. The van der Waals surface area contributed by atoms with Crippen LogP contribution in [0.5, 0.6) is 0 Å². The van der Waals surface area contributed by atoms with Crippen molar-refractivity contribution in [3.05, 3.63) is 29.3 Å². The van der Waals surface area contributed by atoms with E-state index in [0.717, 1.165) is 29.9 Å². The molecule has 1 N–H and O–H groups in total. The SMILES string of the molecule is Cc1cccc(C)c1NC(=O)[C@H](C)N1CCOCC1. The summed E-state index contributed by atoms with van der Waals surface area (Å²) in [5.74, 6) is 0.0549. The van der Waals surface area contributed by atoms with Gasteiger partial charge in [-0.1, -0.05) is 18.2 Å². The summed E-state index contributed by atoms with van der Waals surface area (Å²) in [5.41, 5.74) is 3.14. The Morgan fingerprint density at radius 3 is 2.42 bits per heavy atom. The zero-order chi connectivity index (χ0) is 13.8. The van der Waals surface area contributed by atoms with Crippen LogP contribution < -0.4 is 5.32 Å². The van der Waals surface area contributed by atoms with Gasteiger partial charge in [-0.05, 0) is 31.9 Å². The van der Waals surface area contributed by atoms with Gasteiger partial charge in [0.2, 0.25) is 5.91 Å². The molecule has 1 amide bonds. The van der Waals surface area contributed by atoms with Crippen molar-refractivity contribution in [1.82, 2.24) is 4.90 Å². The van der Waals surface area contributed by atoms with E-state index in [1.807, 2.05) is 39.0 Å². The molecule has 1 heterocycles. The van der Waals surface area contributed by atoms with E-state index in [1.54, 1.807) is 0 Å². The first-order chi connectivity index (χ1) is 9.09. The van der Waals surface area contributed by atoms with Crippen molar-refractivity contribution in [3.8, 4) is 0 Å². The first-order valence-corrected chi connectivity index (χ1v) is 6.78. The van der Waals surface area contributed by atoms with Gasteiger partial charge in [0.1, 0.15) is 0 Å². The Labute approximate surface area is 114 Å². The van der Waals surface area contributed by atoms with Crippen LogP contribution in [-0.2, 0) is 9.53 Å². The lowest BCUT2D eigenvalue weighted by Crippen LogP contribution is -2.47. The van der Waals surface area contributed by atoms with E-state index in [4.69, 9.17) is 4.74 Å². The third-order valence-corrected chi connectivity index (χ3v) is 3.70. The fraction of sp³-hybridized carbons (Fsp3) is 0.533. The number of morpholine rings is 1. The Morgan fingerprint density at radius 2 is 1.84 bits per heavy atom. The maximum Gasteiger partial charge on any atom is 0.241 e. The number of rotatable bonds is 3. The van der Waals surface area contributed by atoms with Gasteiger partial charge in [-0.3, -0.25) is 9.69 Å². The van der Waals surface area contributed by atoms with E-state index in [0.29, 0.717) is 13.2 Å². The highest BCUT2D eigenvalue weighted by atomic mass is 16.5. The van der Waals surface area contributed by atoms with Gasteiger partial charge >= 0.3 is 0 Å². The molecule has 0 radical (unpaired) electrons. The number of benzene rings is 1.